The summed E-state index contributed by atoms with van der Waals surface area (Å²) in [5.74, 6) is -0.743. The van der Waals surface area contributed by atoms with Gasteiger partial charge in [-0.15, -0.1) is 0 Å². The lowest BCUT2D eigenvalue weighted by Gasteiger charge is -2.19. The average Bonchev–Trinajstić information content (AvgIpc) is 2.64. The number of amides is 1. The summed E-state index contributed by atoms with van der Waals surface area (Å²) in [4.78, 5) is 35.4. The van der Waals surface area contributed by atoms with Gasteiger partial charge in [-0.1, -0.05) is 29.8 Å². The topological polar surface area (TPSA) is 98.5 Å². The van der Waals surface area contributed by atoms with E-state index in [4.69, 9.17) is 4.74 Å². The molecule has 0 fully saturated rings. The Morgan fingerprint density at radius 1 is 1.14 bits per heavy atom. The van der Waals surface area contributed by atoms with E-state index < -0.39 is 16.9 Å². The van der Waals surface area contributed by atoms with Gasteiger partial charge in [-0.3, -0.25) is 19.7 Å². The molecule has 2 aromatic rings. The standard InChI is InChI=1S/C22H26N2O5/c1-5-29-22(26)13-20(17-7-6-8-18(11-17)24(27)28)23-21(25)12-19-15(3)9-14(2)10-16(19)4/h6-11,20H,5,12-13H2,1-4H3,(H,23,25). The van der Waals surface area contributed by atoms with Gasteiger partial charge in [0.25, 0.3) is 5.69 Å². The Bertz CT molecular complexity index is 900. The lowest BCUT2D eigenvalue weighted by atomic mass is 9.96. The molecule has 1 N–H and O–H groups in total. The second kappa shape index (κ2) is 9.82. The Kier molecular flexibility index (Phi) is 7.47. The minimum absolute atomic E-state index is 0.101. The molecule has 0 saturated heterocycles. The monoisotopic (exact) mass is 398 g/mol. The van der Waals surface area contributed by atoms with Crippen LogP contribution in [0.25, 0.3) is 0 Å². The van der Waals surface area contributed by atoms with Crippen LogP contribution < -0.4 is 5.32 Å². The molecule has 1 amide bonds. The van der Waals surface area contributed by atoms with Crippen LogP contribution >= 0.6 is 0 Å². The molecule has 0 bridgehead atoms. The first-order valence-corrected chi connectivity index (χ1v) is 9.47. The highest BCUT2D eigenvalue weighted by molar-refractivity contribution is 5.81. The number of nitro groups is 1. The number of nitrogens with one attached hydrogen (secondary N) is 1. The molecule has 1 atom stereocenters. The second-order valence-corrected chi connectivity index (χ2v) is 7.04. The molecule has 29 heavy (non-hydrogen) atoms. The van der Waals surface area contributed by atoms with Gasteiger partial charge in [0.2, 0.25) is 5.91 Å². The number of rotatable bonds is 8. The van der Waals surface area contributed by atoms with E-state index >= 15 is 0 Å². The summed E-state index contributed by atoms with van der Waals surface area (Å²) in [6, 6.07) is 9.25. The highest BCUT2D eigenvalue weighted by Crippen LogP contribution is 2.23. The van der Waals surface area contributed by atoms with Gasteiger partial charge in [-0.2, -0.15) is 0 Å². The number of nitro benzene ring substituents is 1. The molecule has 1 unspecified atom stereocenters. The number of hydrogen-bond donors (Lipinski definition) is 1. The van der Waals surface area contributed by atoms with E-state index in [0.717, 1.165) is 22.3 Å². The fourth-order valence-corrected chi connectivity index (χ4v) is 3.39. The van der Waals surface area contributed by atoms with Gasteiger partial charge in [0.15, 0.2) is 0 Å². The molecule has 0 spiro atoms. The van der Waals surface area contributed by atoms with E-state index in [-0.39, 0.29) is 31.0 Å². The van der Waals surface area contributed by atoms with Crippen LogP contribution in [0.3, 0.4) is 0 Å². The Labute approximate surface area is 170 Å². The van der Waals surface area contributed by atoms with Crippen molar-refractivity contribution in [1.82, 2.24) is 5.32 Å². The summed E-state index contributed by atoms with van der Waals surface area (Å²) < 4.78 is 5.00. The van der Waals surface area contributed by atoms with Gasteiger partial charge in [0.05, 0.1) is 30.4 Å². The van der Waals surface area contributed by atoms with Gasteiger partial charge in [0, 0.05) is 12.1 Å². The van der Waals surface area contributed by atoms with Gasteiger partial charge in [0.1, 0.15) is 0 Å². The van der Waals surface area contributed by atoms with Crippen LogP contribution in [0.4, 0.5) is 5.69 Å². The van der Waals surface area contributed by atoms with E-state index in [1.54, 1.807) is 13.0 Å². The number of benzene rings is 2. The van der Waals surface area contributed by atoms with Crippen LogP contribution in [0.5, 0.6) is 0 Å². The molecule has 0 heterocycles. The smallest absolute Gasteiger partial charge is 0.308 e. The third kappa shape index (κ3) is 6.14. The predicted octanol–water partition coefficient (Wildman–Crippen LogP) is 3.87. The molecule has 7 nitrogen and oxygen atoms in total. The molecule has 2 rings (SSSR count). The summed E-state index contributed by atoms with van der Waals surface area (Å²) in [6.07, 6.45) is 0.0544. The first-order chi connectivity index (χ1) is 13.7. The summed E-state index contributed by atoms with van der Waals surface area (Å²) in [5, 5.41) is 13.9. The summed E-state index contributed by atoms with van der Waals surface area (Å²) in [7, 11) is 0. The highest BCUT2D eigenvalue weighted by Gasteiger charge is 2.22. The Balaban J connectivity index is 2.25. The predicted molar refractivity (Wildman–Crippen MR) is 110 cm³/mol. The summed E-state index contributed by atoms with van der Waals surface area (Å²) in [6.45, 7) is 7.83. The number of non-ortho nitro benzene ring substituents is 1. The average molecular weight is 398 g/mol. The van der Waals surface area contributed by atoms with Crippen LogP contribution in [-0.4, -0.2) is 23.4 Å². The van der Waals surface area contributed by atoms with Gasteiger partial charge < -0.3 is 10.1 Å². The van der Waals surface area contributed by atoms with Crippen LogP contribution in [-0.2, 0) is 20.7 Å². The SMILES string of the molecule is CCOC(=O)CC(NC(=O)Cc1c(C)cc(C)cc1C)c1cccc([N+](=O)[O-])c1. The number of nitrogens with zero attached hydrogens (tertiary/aromatic N) is 1. The van der Waals surface area contributed by atoms with Crippen LogP contribution in [0.15, 0.2) is 36.4 Å². The molecule has 0 radical (unpaired) electrons. The van der Waals surface area contributed by atoms with Crippen molar-refractivity contribution in [2.45, 2.75) is 46.6 Å². The van der Waals surface area contributed by atoms with Crippen LogP contribution in [0.2, 0.25) is 0 Å². The number of ether oxygens (including phenoxy) is 1. The highest BCUT2D eigenvalue weighted by atomic mass is 16.6. The van der Waals surface area contributed by atoms with Crippen LogP contribution in [0, 0.1) is 30.9 Å². The number of aryl methyl sites for hydroxylation is 3. The summed E-state index contributed by atoms with van der Waals surface area (Å²) >= 11 is 0. The van der Waals surface area contributed by atoms with Crippen molar-refractivity contribution in [1.29, 1.82) is 0 Å². The molecular formula is C22H26N2O5. The van der Waals surface area contributed by atoms with Crippen molar-refractivity contribution < 1.29 is 19.2 Å². The number of carbonyl (C=O) groups is 2. The Morgan fingerprint density at radius 3 is 2.38 bits per heavy atom. The maximum absolute atomic E-state index is 12.7. The molecule has 7 heteroatoms. The third-order valence-electron chi connectivity index (χ3n) is 4.67. The number of hydrogen-bond acceptors (Lipinski definition) is 5. The number of carbonyl (C=O) groups excluding carboxylic acids is 2. The third-order valence-corrected chi connectivity index (χ3v) is 4.67. The molecule has 2 aromatic carbocycles. The molecular weight excluding hydrogens is 372 g/mol. The van der Waals surface area contributed by atoms with E-state index in [0.29, 0.717) is 5.56 Å². The first-order valence-electron chi connectivity index (χ1n) is 9.47. The van der Waals surface area contributed by atoms with Crippen LogP contribution in [0.1, 0.15) is 47.2 Å². The van der Waals surface area contributed by atoms with Crippen molar-refractivity contribution in [3.63, 3.8) is 0 Å². The molecule has 154 valence electrons. The van der Waals surface area contributed by atoms with E-state index in [1.165, 1.54) is 18.2 Å². The molecule has 0 aromatic heterocycles. The normalized spacial score (nSPS) is 11.6. The van der Waals surface area contributed by atoms with Crippen molar-refractivity contribution in [3.8, 4) is 0 Å². The van der Waals surface area contributed by atoms with Crippen molar-refractivity contribution >= 4 is 17.6 Å². The van der Waals surface area contributed by atoms with Crippen molar-refractivity contribution in [2.75, 3.05) is 6.61 Å². The first kappa shape index (κ1) is 22.1. The second-order valence-electron chi connectivity index (χ2n) is 7.04. The zero-order valence-corrected chi connectivity index (χ0v) is 17.2. The number of esters is 1. The largest absolute Gasteiger partial charge is 0.466 e. The zero-order chi connectivity index (χ0) is 21.6. The van der Waals surface area contributed by atoms with E-state index in [9.17, 15) is 19.7 Å². The molecule has 0 aliphatic carbocycles. The fraction of sp³-hybridized carbons (Fsp3) is 0.364. The molecule has 0 aliphatic rings. The molecule has 0 saturated carbocycles. The lowest BCUT2D eigenvalue weighted by molar-refractivity contribution is -0.384. The van der Waals surface area contributed by atoms with Gasteiger partial charge in [-0.05, 0) is 49.9 Å². The fourth-order valence-electron chi connectivity index (χ4n) is 3.39. The minimum Gasteiger partial charge on any atom is -0.466 e. The van der Waals surface area contributed by atoms with E-state index in [1.807, 2.05) is 32.9 Å². The summed E-state index contributed by atoms with van der Waals surface area (Å²) in [5.41, 5.74) is 4.49. The Hall–Kier alpha value is -3.22. The van der Waals surface area contributed by atoms with E-state index in [2.05, 4.69) is 5.32 Å². The minimum atomic E-state index is -0.715. The quantitative estimate of drug-likeness (QED) is 0.413. The van der Waals surface area contributed by atoms with Crippen molar-refractivity contribution in [3.05, 3.63) is 74.3 Å². The van der Waals surface area contributed by atoms with Gasteiger partial charge in [-0.25, -0.2) is 0 Å². The lowest BCUT2D eigenvalue weighted by Crippen LogP contribution is -2.32. The Morgan fingerprint density at radius 2 is 1.79 bits per heavy atom. The van der Waals surface area contributed by atoms with Gasteiger partial charge >= 0.3 is 5.97 Å². The maximum atomic E-state index is 12.7. The molecule has 0 aliphatic heterocycles. The maximum Gasteiger partial charge on any atom is 0.308 e. The van der Waals surface area contributed by atoms with Crippen molar-refractivity contribution in [2.24, 2.45) is 0 Å². The zero-order valence-electron chi connectivity index (χ0n) is 17.2.